The van der Waals surface area contributed by atoms with Crippen LogP contribution in [0, 0.1) is 11.7 Å². The molecule has 0 saturated carbocycles. The van der Waals surface area contributed by atoms with E-state index in [1.165, 1.54) is 18.2 Å². The largest absolute Gasteiger partial charge is 0.493 e. The Kier molecular flexibility index (Phi) is 3.09. The van der Waals surface area contributed by atoms with Crippen molar-refractivity contribution in [2.24, 2.45) is 11.1 Å². The molecule has 94 valence electrons. The number of sulfonamides is 1. The summed E-state index contributed by atoms with van der Waals surface area (Å²) in [5.74, 6) is -0.375. The fourth-order valence-electron chi connectivity index (χ4n) is 2.09. The number of fused-ring (bicyclic) bond motifs is 1. The normalized spacial score (nSPS) is 23.9. The Balaban J connectivity index is 2.42. The number of halogens is 1. The standard InChI is InChI=1S/C11H14FNO3S/c1-7-5-16-11-3-2-8(12)4-9(11)10(7)6-17(13,14)15/h2-4,7,10H,5-6H2,1H3,(H2,13,14,15)/t7-,10-/m0/s1. The Labute approximate surface area is 99.6 Å². The van der Waals surface area contributed by atoms with Crippen LogP contribution in [0.15, 0.2) is 18.2 Å². The number of benzene rings is 1. The van der Waals surface area contributed by atoms with Gasteiger partial charge in [-0.05, 0) is 24.1 Å². The van der Waals surface area contributed by atoms with Gasteiger partial charge in [-0.3, -0.25) is 0 Å². The van der Waals surface area contributed by atoms with Crippen LogP contribution in [0.3, 0.4) is 0 Å². The Morgan fingerprint density at radius 3 is 2.88 bits per heavy atom. The monoisotopic (exact) mass is 259 g/mol. The number of ether oxygens (including phenoxy) is 1. The SMILES string of the molecule is C[C@H]1COc2ccc(F)cc2[C@H]1CS(N)(=O)=O. The van der Waals surface area contributed by atoms with E-state index in [1.807, 2.05) is 6.92 Å². The van der Waals surface area contributed by atoms with Crippen LogP contribution >= 0.6 is 0 Å². The highest BCUT2D eigenvalue weighted by Crippen LogP contribution is 2.37. The summed E-state index contributed by atoms with van der Waals surface area (Å²) in [5, 5.41) is 5.06. The Hall–Kier alpha value is -1.14. The van der Waals surface area contributed by atoms with Gasteiger partial charge in [0.15, 0.2) is 0 Å². The number of hydrogen-bond acceptors (Lipinski definition) is 3. The van der Waals surface area contributed by atoms with E-state index in [0.29, 0.717) is 17.9 Å². The van der Waals surface area contributed by atoms with Crippen LogP contribution in [0.2, 0.25) is 0 Å². The Morgan fingerprint density at radius 1 is 1.53 bits per heavy atom. The van der Waals surface area contributed by atoms with E-state index in [-0.39, 0.29) is 17.6 Å². The minimum atomic E-state index is -3.59. The van der Waals surface area contributed by atoms with E-state index >= 15 is 0 Å². The maximum Gasteiger partial charge on any atom is 0.209 e. The molecule has 0 saturated heterocycles. The van der Waals surface area contributed by atoms with Gasteiger partial charge in [-0.2, -0.15) is 0 Å². The van der Waals surface area contributed by atoms with Gasteiger partial charge in [-0.25, -0.2) is 17.9 Å². The van der Waals surface area contributed by atoms with Gasteiger partial charge in [0.05, 0.1) is 12.4 Å². The van der Waals surface area contributed by atoms with Crippen LogP contribution in [0.5, 0.6) is 5.75 Å². The van der Waals surface area contributed by atoms with E-state index in [2.05, 4.69) is 0 Å². The van der Waals surface area contributed by atoms with Crippen molar-refractivity contribution in [3.05, 3.63) is 29.6 Å². The zero-order chi connectivity index (χ0) is 12.6. The number of nitrogens with two attached hydrogens (primary N) is 1. The van der Waals surface area contributed by atoms with E-state index in [0.717, 1.165) is 0 Å². The molecular weight excluding hydrogens is 245 g/mol. The number of hydrogen-bond donors (Lipinski definition) is 1. The first-order valence-electron chi connectivity index (χ1n) is 5.29. The molecule has 1 aliphatic rings. The fourth-order valence-corrected chi connectivity index (χ4v) is 3.10. The quantitative estimate of drug-likeness (QED) is 0.868. The smallest absolute Gasteiger partial charge is 0.209 e. The first-order chi connectivity index (χ1) is 7.87. The molecule has 1 aromatic rings. The average molecular weight is 259 g/mol. The summed E-state index contributed by atoms with van der Waals surface area (Å²) >= 11 is 0. The van der Waals surface area contributed by atoms with Crippen LogP contribution in [-0.2, 0) is 10.0 Å². The molecule has 1 heterocycles. The zero-order valence-electron chi connectivity index (χ0n) is 9.39. The van der Waals surface area contributed by atoms with E-state index in [9.17, 15) is 12.8 Å². The Morgan fingerprint density at radius 2 is 2.24 bits per heavy atom. The lowest BCUT2D eigenvalue weighted by molar-refractivity contribution is 0.211. The lowest BCUT2D eigenvalue weighted by atomic mass is 9.87. The minimum Gasteiger partial charge on any atom is -0.493 e. The van der Waals surface area contributed by atoms with Crippen molar-refractivity contribution in [3.8, 4) is 5.75 Å². The second-order valence-corrected chi connectivity index (χ2v) is 6.07. The van der Waals surface area contributed by atoms with Gasteiger partial charge in [-0.15, -0.1) is 0 Å². The van der Waals surface area contributed by atoms with Gasteiger partial charge in [0, 0.05) is 11.5 Å². The third-order valence-electron chi connectivity index (χ3n) is 2.97. The van der Waals surface area contributed by atoms with Gasteiger partial charge in [0.1, 0.15) is 11.6 Å². The van der Waals surface area contributed by atoms with Crippen LogP contribution < -0.4 is 9.88 Å². The van der Waals surface area contributed by atoms with Gasteiger partial charge in [0.25, 0.3) is 0 Å². The Bertz CT molecular complexity index is 530. The van der Waals surface area contributed by atoms with Gasteiger partial charge in [-0.1, -0.05) is 6.92 Å². The molecule has 0 unspecified atom stereocenters. The third-order valence-corrected chi connectivity index (χ3v) is 3.80. The van der Waals surface area contributed by atoms with Crippen LogP contribution in [0.4, 0.5) is 4.39 Å². The first kappa shape index (κ1) is 12.3. The first-order valence-corrected chi connectivity index (χ1v) is 7.01. The summed E-state index contributed by atoms with van der Waals surface area (Å²) < 4.78 is 41.0. The highest BCUT2D eigenvalue weighted by atomic mass is 32.2. The summed E-state index contributed by atoms with van der Waals surface area (Å²) in [4.78, 5) is 0. The number of rotatable bonds is 2. The maximum atomic E-state index is 13.2. The minimum absolute atomic E-state index is 0.0115. The van der Waals surface area contributed by atoms with Gasteiger partial charge >= 0.3 is 0 Å². The fraction of sp³-hybridized carbons (Fsp3) is 0.455. The molecule has 1 aromatic carbocycles. The molecule has 2 rings (SSSR count). The van der Waals surface area contributed by atoms with Crippen molar-refractivity contribution >= 4 is 10.0 Å². The molecule has 0 aromatic heterocycles. The molecular formula is C11H14FNO3S. The van der Waals surface area contributed by atoms with Gasteiger partial charge < -0.3 is 4.74 Å². The lowest BCUT2D eigenvalue weighted by Gasteiger charge is -2.30. The second-order valence-electron chi connectivity index (χ2n) is 4.41. The maximum absolute atomic E-state index is 13.2. The van der Waals surface area contributed by atoms with Crippen molar-refractivity contribution in [1.82, 2.24) is 0 Å². The molecule has 0 fully saturated rings. The highest BCUT2D eigenvalue weighted by molar-refractivity contribution is 7.89. The predicted molar refractivity (Wildman–Crippen MR) is 61.8 cm³/mol. The predicted octanol–water partition coefficient (Wildman–Crippen LogP) is 1.23. The molecule has 0 spiro atoms. The van der Waals surface area contributed by atoms with E-state index in [1.54, 1.807) is 0 Å². The molecule has 0 aliphatic carbocycles. The van der Waals surface area contributed by atoms with E-state index < -0.39 is 15.8 Å². The summed E-state index contributed by atoms with van der Waals surface area (Å²) in [7, 11) is -3.59. The van der Waals surface area contributed by atoms with Crippen LogP contribution in [0.1, 0.15) is 18.4 Å². The summed E-state index contributed by atoms with van der Waals surface area (Å²) in [6, 6.07) is 4.14. The highest BCUT2D eigenvalue weighted by Gasteiger charge is 2.31. The van der Waals surface area contributed by atoms with Crippen molar-refractivity contribution in [1.29, 1.82) is 0 Å². The molecule has 4 nitrogen and oxygen atoms in total. The summed E-state index contributed by atoms with van der Waals surface area (Å²) in [5.41, 5.74) is 0.581. The van der Waals surface area contributed by atoms with Crippen molar-refractivity contribution < 1.29 is 17.5 Å². The summed E-state index contributed by atoms with van der Waals surface area (Å²) in [6.07, 6.45) is 0. The third kappa shape index (κ3) is 2.76. The molecule has 1 aliphatic heterocycles. The van der Waals surface area contributed by atoms with Crippen molar-refractivity contribution in [2.75, 3.05) is 12.4 Å². The number of primary sulfonamides is 1. The molecule has 2 atom stereocenters. The average Bonchev–Trinajstić information content (AvgIpc) is 2.21. The second kappa shape index (κ2) is 4.27. The van der Waals surface area contributed by atoms with Crippen LogP contribution in [0.25, 0.3) is 0 Å². The van der Waals surface area contributed by atoms with Crippen LogP contribution in [-0.4, -0.2) is 20.8 Å². The van der Waals surface area contributed by atoms with Crippen molar-refractivity contribution in [2.45, 2.75) is 12.8 Å². The summed E-state index contributed by atoms with van der Waals surface area (Å²) in [6.45, 7) is 2.28. The lowest BCUT2D eigenvalue weighted by Crippen LogP contribution is -2.31. The van der Waals surface area contributed by atoms with Gasteiger partial charge in [0.2, 0.25) is 10.0 Å². The molecule has 0 bridgehead atoms. The molecule has 0 amide bonds. The molecule has 6 heteroatoms. The topological polar surface area (TPSA) is 69.4 Å². The zero-order valence-corrected chi connectivity index (χ0v) is 10.2. The molecule has 17 heavy (non-hydrogen) atoms. The molecule has 0 radical (unpaired) electrons. The molecule has 2 N–H and O–H groups in total. The van der Waals surface area contributed by atoms with Crippen molar-refractivity contribution in [3.63, 3.8) is 0 Å². The van der Waals surface area contributed by atoms with E-state index in [4.69, 9.17) is 9.88 Å².